The number of Topliss-reactive ketones (excluding diaryl/α,β-unsaturated/α-hetero) is 1. The van der Waals surface area contributed by atoms with Crippen LogP contribution in [0.1, 0.15) is 93.3 Å². The lowest BCUT2D eigenvalue weighted by Crippen LogP contribution is -2.46. The molecule has 85 heavy (non-hydrogen) atoms. The van der Waals surface area contributed by atoms with Crippen molar-refractivity contribution < 1.29 is 77.9 Å². The topological polar surface area (TPSA) is 295 Å². The number of piperazine rings is 2. The number of pyridine rings is 1. The van der Waals surface area contributed by atoms with E-state index in [-0.39, 0.29) is 68.1 Å². The van der Waals surface area contributed by atoms with Gasteiger partial charge in [0.2, 0.25) is 5.43 Å². The number of hydrazone groups is 1. The molecule has 2 saturated heterocycles. The number of methoxy groups -OCH3 is 1. The van der Waals surface area contributed by atoms with Crippen molar-refractivity contribution >= 4 is 62.9 Å². The molecule has 460 valence electrons. The number of fused-ring (bicyclic) bond motifs is 14. The van der Waals surface area contributed by atoms with Crippen LogP contribution in [0.2, 0.25) is 0 Å². The number of ether oxygens (including phenoxy) is 5. The number of amides is 1. The Balaban J connectivity index is 0.000000298. The maximum Gasteiger partial charge on any atom is 0.341 e. The van der Waals surface area contributed by atoms with E-state index in [2.05, 4.69) is 20.2 Å². The van der Waals surface area contributed by atoms with Gasteiger partial charge in [-0.2, -0.15) is 5.10 Å². The smallest absolute Gasteiger partial charge is 0.341 e. The minimum atomic E-state index is -2.04. The Morgan fingerprint density at radius 2 is 1.51 bits per heavy atom. The van der Waals surface area contributed by atoms with Crippen LogP contribution in [0, 0.1) is 36.4 Å². The highest BCUT2D eigenvalue weighted by Gasteiger charge is 2.50. The van der Waals surface area contributed by atoms with Crippen LogP contribution in [0.3, 0.4) is 0 Å². The van der Waals surface area contributed by atoms with Crippen molar-refractivity contribution in [1.82, 2.24) is 19.4 Å². The molecule has 10 rings (SSSR count). The normalized spacial score (nSPS) is 28.5. The summed E-state index contributed by atoms with van der Waals surface area (Å²) in [6.07, 6.45) is 6.20. The first-order valence-corrected chi connectivity index (χ1v) is 28.4. The van der Waals surface area contributed by atoms with E-state index in [0.29, 0.717) is 43.1 Å². The molecule has 2 fully saturated rings. The SMILES string of the molecule is CC1COc2c(N3CCN(C)CC3)c(F)cc3c(=O)c(C(=O)O)cn1c23.CO[C@H]1/C=C/O[C@@]2(C)Oc3c(C)c(O)c4c(O)c(c(/C=N/N5CCN(C)CC5)c(O)c4c3C2=O)NC(=O)/C(C)=C\C=C\[C@H](C)[C@H](O)[C@@H](C)[C@@H](O)[C@@H](C)[C@H](OC(C)=O)[C@@H]1C. The van der Waals surface area contributed by atoms with Gasteiger partial charge >= 0.3 is 17.7 Å². The van der Waals surface area contributed by atoms with Crippen molar-refractivity contribution in [3.8, 4) is 28.7 Å². The highest BCUT2D eigenvalue weighted by atomic mass is 19.1. The maximum absolute atomic E-state index is 15.0. The minimum absolute atomic E-state index is 0.0434. The van der Waals surface area contributed by atoms with Gasteiger partial charge in [-0.1, -0.05) is 45.9 Å². The fraction of sp³-hybridized carbons (Fsp3) is 0.508. The number of halogens is 1. The largest absolute Gasteiger partial charge is 0.507 e. The predicted molar refractivity (Wildman–Crippen MR) is 316 cm³/mol. The number of esters is 1. The zero-order valence-corrected chi connectivity index (χ0v) is 50.0. The number of carboxylic acids is 1. The summed E-state index contributed by atoms with van der Waals surface area (Å²) in [6, 6.07) is 0.994. The number of aromatic nitrogens is 1. The molecular weight excluding hydrogens is 1110 g/mol. The summed E-state index contributed by atoms with van der Waals surface area (Å²) >= 11 is 0. The first-order valence-electron chi connectivity index (χ1n) is 28.4. The summed E-state index contributed by atoms with van der Waals surface area (Å²) in [5.74, 6) is -9.89. The Morgan fingerprint density at radius 1 is 0.859 bits per heavy atom. The molecular formula is C61H78FN7O16. The van der Waals surface area contributed by atoms with Gasteiger partial charge in [0.1, 0.15) is 41.2 Å². The number of carbonyl (C=O) groups is 4. The molecule has 6 aliphatic heterocycles. The lowest BCUT2D eigenvalue weighted by atomic mass is 9.78. The second-order valence-corrected chi connectivity index (χ2v) is 23.1. The number of aromatic carboxylic acids is 1. The Morgan fingerprint density at radius 3 is 2.13 bits per heavy atom. The van der Waals surface area contributed by atoms with Crippen LogP contribution in [0.4, 0.5) is 15.8 Å². The average molecular weight is 1180 g/mol. The molecule has 3 aromatic carbocycles. The maximum atomic E-state index is 15.0. The molecule has 10 atom stereocenters. The standard InChI is InChI=1S/C43H58N4O12.C18H20FN3O4/c1-21-12-11-13-22(2)42(55)45-33-28(20-44-47-17-15-46(9)16-18-47)37(52)30-31(38(33)53)36(51)26(6)40-32(30)41(54)43(8,59-40)57-19-14-29(56-10)23(3)39(58-27(7)48)25(5)35(50)24(4)34(21)49;1-10-9-26-17-14-11(16(23)12(18(24)25)8-22(10)14)7-13(19)15(17)21-5-3-20(2)4-6-21/h11-14,19-21,23-25,29,34-35,39,49-53H,15-18H2,1-10H3,(H,45,55);7-8,10H,3-6,9H2,1-2H3,(H,24,25)/b12-11+,19-14+,22-13-,44-20+;/t21-,23+,24+,25+,29-,34-,35+,39+,43-;/m0./s1. The number of anilines is 2. The fourth-order valence-electron chi connectivity index (χ4n) is 11.6. The van der Waals surface area contributed by atoms with Gasteiger partial charge in [-0.3, -0.25) is 24.2 Å². The van der Waals surface area contributed by atoms with Gasteiger partial charge in [0, 0.05) is 120 Å². The number of hydrogen-bond acceptors (Lipinski definition) is 20. The third-order valence-corrected chi connectivity index (χ3v) is 17.1. The summed E-state index contributed by atoms with van der Waals surface area (Å²) in [7, 11) is 5.44. The van der Waals surface area contributed by atoms with E-state index in [1.54, 1.807) is 49.4 Å². The van der Waals surface area contributed by atoms with Crippen LogP contribution >= 0.6 is 0 Å². The number of benzene rings is 3. The number of phenols is 3. The number of hydrogen-bond donors (Lipinski definition) is 7. The van der Waals surface area contributed by atoms with Gasteiger partial charge in [0.05, 0.1) is 69.9 Å². The minimum Gasteiger partial charge on any atom is -0.507 e. The number of ketones is 1. The number of aliphatic hydroxyl groups excluding tert-OH is 2. The van der Waals surface area contributed by atoms with Crippen molar-refractivity contribution in [3.63, 3.8) is 0 Å². The van der Waals surface area contributed by atoms with E-state index in [1.165, 1.54) is 65.6 Å². The number of likely N-dealkylation sites (N-methyl/N-ethyl adjacent to an activating group) is 2. The molecule has 6 aliphatic rings. The Hall–Kier alpha value is -7.77. The van der Waals surface area contributed by atoms with Crippen LogP contribution in [0.25, 0.3) is 21.7 Å². The first-order chi connectivity index (χ1) is 40.1. The third kappa shape index (κ3) is 12.4. The van der Waals surface area contributed by atoms with Crippen LogP contribution in [-0.2, 0) is 23.8 Å². The monoisotopic (exact) mass is 1180 g/mol. The zero-order valence-electron chi connectivity index (χ0n) is 50.0. The molecule has 0 radical (unpaired) electrons. The van der Waals surface area contributed by atoms with Gasteiger partial charge in [-0.25, -0.2) is 9.18 Å². The number of aromatic hydroxyl groups is 3. The quantitative estimate of drug-likeness (QED) is 0.0513. The number of phenolic OH excluding ortho intramolecular Hbond substituents is 3. The Kier molecular flexibility index (Phi) is 18.9. The predicted octanol–water partition coefficient (Wildman–Crippen LogP) is 5.88. The van der Waals surface area contributed by atoms with E-state index in [1.807, 2.05) is 25.9 Å². The van der Waals surface area contributed by atoms with Gasteiger partial charge < -0.3 is 78.9 Å². The van der Waals surface area contributed by atoms with Crippen LogP contribution in [-0.4, -0.2) is 190 Å². The number of carbonyl (C=O) groups excluding carboxylic acids is 3. The van der Waals surface area contributed by atoms with E-state index >= 15 is 0 Å². The molecule has 0 aliphatic carbocycles. The van der Waals surface area contributed by atoms with Gasteiger partial charge in [-0.05, 0) is 47.0 Å². The van der Waals surface area contributed by atoms with Crippen LogP contribution < -0.4 is 25.1 Å². The zero-order chi connectivity index (χ0) is 62.3. The molecule has 7 N–H and O–H groups in total. The van der Waals surface area contributed by atoms with Crippen molar-refractivity contribution in [1.29, 1.82) is 0 Å². The second kappa shape index (κ2) is 25.4. The van der Waals surface area contributed by atoms with Crippen molar-refractivity contribution in [3.05, 3.63) is 86.7 Å². The summed E-state index contributed by atoms with van der Waals surface area (Å²) in [5, 5.41) is 76.2. The number of allylic oxidation sites excluding steroid dienone is 2. The highest BCUT2D eigenvalue weighted by Crippen LogP contribution is 2.55. The van der Waals surface area contributed by atoms with Crippen molar-refractivity contribution in [2.24, 2.45) is 28.8 Å². The number of aliphatic hydroxyl groups is 2. The number of carboxylic acid groups (broad SMARTS) is 1. The van der Waals surface area contributed by atoms with Gasteiger partial charge in [0.15, 0.2) is 17.3 Å². The summed E-state index contributed by atoms with van der Waals surface area (Å²) in [4.78, 5) is 70.7. The molecule has 0 saturated carbocycles. The highest BCUT2D eigenvalue weighted by molar-refractivity contribution is 6.24. The number of rotatable bonds is 6. The van der Waals surface area contributed by atoms with Gasteiger partial charge in [-0.15, -0.1) is 0 Å². The molecule has 0 spiro atoms. The third-order valence-electron chi connectivity index (χ3n) is 17.1. The number of nitrogens with one attached hydrogen (secondary N) is 1. The average Bonchev–Trinajstić information content (AvgIpc) is 1.83. The molecule has 4 aromatic rings. The lowest BCUT2D eigenvalue weighted by molar-refractivity contribution is -0.160. The molecule has 5 bridgehead atoms. The van der Waals surface area contributed by atoms with Crippen LogP contribution in [0.15, 0.2) is 58.3 Å². The van der Waals surface area contributed by atoms with E-state index in [0.717, 1.165) is 32.2 Å². The Labute approximate surface area is 491 Å². The summed E-state index contributed by atoms with van der Waals surface area (Å²) in [5.41, 5.74) is -0.574. The summed E-state index contributed by atoms with van der Waals surface area (Å²) in [6.45, 7) is 20.2. The van der Waals surface area contributed by atoms with Crippen molar-refractivity contribution in [2.75, 3.05) is 90.4 Å². The lowest BCUT2D eigenvalue weighted by Gasteiger charge is -2.38. The van der Waals surface area contributed by atoms with E-state index in [4.69, 9.17) is 23.7 Å². The second-order valence-electron chi connectivity index (χ2n) is 23.1. The molecule has 23 nitrogen and oxygen atoms in total. The van der Waals surface area contributed by atoms with Crippen molar-refractivity contribution in [2.45, 2.75) is 98.6 Å². The Bertz CT molecular complexity index is 3460. The molecule has 7 heterocycles. The van der Waals surface area contributed by atoms with E-state index in [9.17, 15) is 59.0 Å². The summed E-state index contributed by atoms with van der Waals surface area (Å²) < 4.78 is 46.2. The van der Waals surface area contributed by atoms with E-state index < -0.39 is 106 Å². The first kappa shape index (κ1) is 63.3. The molecule has 24 heteroatoms. The van der Waals surface area contributed by atoms with Crippen LogP contribution in [0.5, 0.6) is 28.7 Å². The molecule has 1 aromatic heterocycles. The fourth-order valence-corrected chi connectivity index (χ4v) is 11.6. The molecule has 1 unspecified atom stereocenters. The van der Waals surface area contributed by atoms with Gasteiger partial charge in [0.25, 0.3) is 11.7 Å². The number of nitrogens with zero attached hydrogens (tertiary/aromatic N) is 6. The molecule has 1 amide bonds.